The van der Waals surface area contributed by atoms with Crippen molar-refractivity contribution in [2.24, 2.45) is 0 Å². The molecular formula is C11H13N3OS3. The SMILES string of the molecule is Cc1csc(CNC(=O)Cc2sc(=S)[nH]c2C)n1. The fourth-order valence-corrected chi connectivity index (χ4v) is 3.47. The molecule has 18 heavy (non-hydrogen) atoms. The number of aromatic nitrogens is 2. The number of hydrogen-bond acceptors (Lipinski definition) is 5. The van der Waals surface area contributed by atoms with Crippen LogP contribution in [0.4, 0.5) is 0 Å². The highest BCUT2D eigenvalue weighted by atomic mass is 32.1. The zero-order chi connectivity index (χ0) is 13.1. The van der Waals surface area contributed by atoms with Crippen LogP contribution in [0.15, 0.2) is 5.38 Å². The number of H-pyrrole nitrogens is 1. The smallest absolute Gasteiger partial charge is 0.225 e. The predicted octanol–water partition coefficient (Wildman–Crippen LogP) is 2.74. The monoisotopic (exact) mass is 299 g/mol. The normalized spacial score (nSPS) is 10.6. The number of rotatable bonds is 4. The van der Waals surface area contributed by atoms with Gasteiger partial charge in [0.25, 0.3) is 0 Å². The summed E-state index contributed by atoms with van der Waals surface area (Å²) in [6.07, 6.45) is 0.369. The van der Waals surface area contributed by atoms with Crippen LogP contribution in [-0.2, 0) is 17.8 Å². The molecule has 0 aliphatic carbocycles. The average molecular weight is 299 g/mol. The standard InChI is InChI=1S/C11H13N3OS3/c1-6-5-17-10(13-6)4-12-9(15)3-8-7(2)14-11(16)18-8/h5H,3-4H2,1-2H3,(H,12,15)(H,14,16). The number of carbonyl (C=O) groups is 1. The molecular weight excluding hydrogens is 286 g/mol. The van der Waals surface area contributed by atoms with Crippen molar-refractivity contribution in [1.29, 1.82) is 0 Å². The molecule has 0 saturated heterocycles. The first kappa shape index (κ1) is 13.4. The Balaban J connectivity index is 1.89. The number of nitrogens with one attached hydrogen (secondary N) is 2. The summed E-state index contributed by atoms with van der Waals surface area (Å²) in [6, 6.07) is 0. The van der Waals surface area contributed by atoms with Crippen molar-refractivity contribution in [2.45, 2.75) is 26.8 Å². The van der Waals surface area contributed by atoms with Gasteiger partial charge >= 0.3 is 0 Å². The average Bonchev–Trinajstić information content (AvgIpc) is 2.83. The second-order valence-electron chi connectivity index (χ2n) is 3.90. The van der Waals surface area contributed by atoms with Crippen LogP contribution in [0, 0.1) is 17.8 Å². The molecule has 2 N–H and O–H groups in total. The van der Waals surface area contributed by atoms with Gasteiger partial charge in [-0.15, -0.1) is 22.7 Å². The van der Waals surface area contributed by atoms with Crippen LogP contribution in [0.1, 0.15) is 21.3 Å². The van der Waals surface area contributed by atoms with E-state index >= 15 is 0 Å². The van der Waals surface area contributed by atoms with Gasteiger partial charge in [0, 0.05) is 21.6 Å². The Labute approximate surface area is 118 Å². The number of aryl methyl sites for hydroxylation is 2. The fourth-order valence-electron chi connectivity index (χ4n) is 1.47. The summed E-state index contributed by atoms with van der Waals surface area (Å²) < 4.78 is 0.714. The molecule has 0 bridgehead atoms. The van der Waals surface area contributed by atoms with E-state index < -0.39 is 0 Å². The van der Waals surface area contributed by atoms with Crippen LogP contribution < -0.4 is 5.32 Å². The van der Waals surface area contributed by atoms with E-state index in [1.807, 2.05) is 19.2 Å². The Morgan fingerprint density at radius 3 is 2.89 bits per heavy atom. The summed E-state index contributed by atoms with van der Waals surface area (Å²) in [4.78, 5) is 20.1. The van der Waals surface area contributed by atoms with Crippen LogP contribution in [0.2, 0.25) is 0 Å². The summed E-state index contributed by atoms with van der Waals surface area (Å²) in [5, 5.41) is 5.77. The van der Waals surface area contributed by atoms with E-state index in [1.165, 1.54) is 11.3 Å². The first-order chi connectivity index (χ1) is 8.54. The predicted molar refractivity (Wildman–Crippen MR) is 76.6 cm³/mol. The van der Waals surface area contributed by atoms with Crippen molar-refractivity contribution in [1.82, 2.24) is 15.3 Å². The topological polar surface area (TPSA) is 57.8 Å². The minimum Gasteiger partial charge on any atom is -0.349 e. The van der Waals surface area contributed by atoms with Gasteiger partial charge in [-0.3, -0.25) is 4.79 Å². The van der Waals surface area contributed by atoms with Crippen molar-refractivity contribution in [3.63, 3.8) is 0 Å². The summed E-state index contributed by atoms with van der Waals surface area (Å²) in [6.45, 7) is 4.36. The first-order valence-electron chi connectivity index (χ1n) is 5.41. The molecule has 0 fully saturated rings. The summed E-state index contributed by atoms with van der Waals surface area (Å²) in [7, 11) is 0. The Morgan fingerprint density at radius 1 is 1.56 bits per heavy atom. The Bertz CT molecular complexity index is 611. The van der Waals surface area contributed by atoms with Crippen molar-refractivity contribution in [2.75, 3.05) is 0 Å². The van der Waals surface area contributed by atoms with Gasteiger partial charge in [-0.1, -0.05) is 0 Å². The lowest BCUT2D eigenvalue weighted by Gasteiger charge is -2.02. The van der Waals surface area contributed by atoms with Gasteiger partial charge < -0.3 is 10.3 Å². The summed E-state index contributed by atoms with van der Waals surface area (Å²) >= 11 is 8.05. The third-order valence-corrected chi connectivity index (χ3v) is 4.65. The van der Waals surface area contributed by atoms with Gasteiger partial charge in [-0.2, -0.15) is 0 Å². The van der Waals surface area contributed by atoms with Crippen LogP contribution in [0.25, 0.3) is 0 Å². The van der Waals surface area contributed by atoms with Crippen LogP contribution in [0.5, 0.6) is 0 Å². The highest BCUT2D eigenvalue weighted by molar-refractivity contribution is 7.73. The lowest BCUT2D eigenvalue weighted by molar-refractivity contribution is -0.120. The Morgan fingerprint density at radius 2 is 2.33 bits per heavy atom. The van der Waals surface area contributed by atoms with E-state index in [0.29, 0.717) is 16.9 Å². The number of carbonyl (C=O) groups excluding carboxylic acids is 1. The lowest BCUT2D eigenvalue weighted by atomic mass is 10.3. The minimum absolute atomic E-state index is 0.00352. The molecule has 0 unspecified atom stereocenters. The highest BCUT2D eigenvalue weighted by Crippen LogP contribution is 2.15. The molecule has 7 heteroatoms. The van der Waals surface area contributed by atoms with E-state index in [0.717, 1.165) is 21.3 Å². The number of thiazole rings is 2. The molecule has 0 aliphatic heterocycles. The van der Waals surface area contributed by atoms with Gasteiger partial charge in [0.2, 0.25) is 5.91 Å². The fraction of sp³-hybridized carbons (Fsp3) is 0.364. The molecule has 96 valence electrons. The first-order valence-corrected chi connectivity index (χ1v) is 7.51. The van der Waals surface area contributed by atoms with Gasteiger partial charge in [-0.25, -0.2) is 4.98 Å². The van der Waals surface area contributed by atoms with Crippen molar-refractivity contribution in [3.05, 3.63) is 30.6 Å². The summed E-state index contributed by atoms with van der Waals surface area (Å²) in [5.41, 5.74) is 1.97. The molecule has 0 atom stereocenters. The van der Waals surface area contributed by atoms with E-state index in [2.05, 4.69) is 15.3 Å². The number of amides is 1. The number of hydrogen-bond donors (Lipinski definition) is 2. The van der Waals surface area contributed by atoms with Crippen LogP contribution >= 0.6 is 34.9 Å². The Kier molecular flexibility index (Phi) is 4.26. The zero-order valence-electron chi connectivity index (χ0n) is 10.1. The van der Waals surface area contributed by atoms with Crippen molar-refractivity contribution < 1.29 is 4.79 Å². The quantitative estimate of drug-likeness (QED) is 0.854. The third kappa shape index (κ3) is 3.47. The van der Waals surface area contributed by atoms with Gasteiger partial charge in [0.15, 0.2) is 3.95 Å². The molecule has 2 aromatic heterocycles. The van der Waals surface area contributed by atoms with Crippen LogP contribution in [0.3, 0.4) is 0 Å². The molecule has 1 amide bonds. The van der Waals surface area contributed by atoms with Gasteiger partial charge in [-0.05, 0) is 26.1 Å². The third-order valence-electron chi connectivity index (χ3n) is 2.35. The maximum Gasteiger partial charge on any atom is 0.225 e. The molecule has 2 heterocycles. The summed E-state index contributed by atoms with van der Waals surface area (Å²) in [5.74, 6) is -0.00352. The molecule has 0 radical (unpaired) electrons. The van der Waals surface area contributed by atoms with E-state index in [1.54, 1.807) is 11.3 Å². The number of nitrogens with zero attached hydrogens (tertiary/aromatic N) is 1. The maximum atomic E-state index is 11.8. The molecule has 0 spiro atoms. The molecule has 4 nitrogen and oxygen atoms in total. The largest absolute Gasteiger partial charge is 0.349 e. The molecule has 0 aliphatic rings. The second-order valence-corrected chi connectivity index (χ2v) is 6.61. The Hall–Kier alpha value is -1.05. The molecule has 2 rings (SSSR count). The van der Waals surface area contributed by atoms with Crippen molar-refractivity contribution >= 4 is 40.8 Å². The number of aromatic amines is 1. The maximum absolute atomic E-state index is 11.8. The molecule has 0 saturated carbocycles. The van der Waals surface area contributed by atoms with E-state index in [9.17, 15) is 4.79 Å². The zero-order valence-corrected chi connectivity index (χ0v) is 12.5. The molecule has 0 aromatic carbocycles. The van der Waals surface area contributed by atoms with E-state index in [-0.39, 0.29) is 5.91 Å². The molecule has 2 aromatic rings. The highest BCUT2D eigenvalue weighted by Gasteiger charge is 2.09. The minimum atomic E-state index is -0.00352. The van der Waals surface area contributed by atoms with Crippen LogP contribution in [-0.4, -0.2) is 15.9 Å². The van der Waals surface area contributed by atoms with E-state index in [4.69, 9.17) is 12.2 Å². The van der Waals surface area contributed by atoms with Crippen molar-refractivity contribution in [3.8, 4) is 0 Å². The second kappa shape index (κ2) is 5.73. The van der Waals surface area contributed by atoms with Gasteiger partial charge in [0.1, 0.15) is 5.01 Å². The van der Waals surface area contributed by atoms with Gasteiger partial charge in [0.05, 0.1) is 13.0 Å². The lowest BCUT2D eigenvalue weighted by Crippen LogP contribution is -2.24.